The third-order valence-corrected chi connectivity index (χ3v) is 4.43. The lowest BCUT2D eigenvalue weighted by Crippen LogP contribution is -2.26. The molecule has 0 radical (unpaired) electrons. The highest BCUT2D eigenvalue weighted by atomic mass is 127. The Morgan fingerprint density at radius 2 is 2.00 bits per heavy atom. The molecule has 1 aromatic carbocycles. The lowest BCUT2D eigenvalue weighted by molar-refractivity contribution is 0.261. The molecule has 0 spiro atoms. The molecule has 0 aliphatic heterocycles. The van der Waals surface area contributed by atoms with Crippen LogP contribution in [-0.4, -0.2) is 6.54 Å². The minimum Gasteiger partial charge on any atom is -0.310 e. The molecule has 94 valence electrons. The van der Waals surface area contributed by atoms with E-state index in [1.807, 2.05) is 0 Å². The number of rotatable bonds is 6. The lowest BCUT2D eigenvalue weighted by atomic mass is 9.79. The molecular formula is C15H22IN. The second-order valence-corrected chi connectivity index (χ2v) is 6.34. The maximum Gasteiger partial charge on any atom is 0.0322 e. The molecule has 1 nitrogen and oxygen atoms in total. The van der Waals surface area contributed by atoms with Gasteiger partial charge in [-0.3, -0.25) is 0 Å². The van der Waals surface area contributed by atoms with E-state index in [-0.39, 0.29) is 0 Å². The molecule has 1 aliphatic carbocycles. The molecule has 1 fully saturated rings. The summed E-state index contributed by atoms with van der Waals surface area (Å²) in [5.74, 6) is 0.962. The van der Waals surface area contributed by atoms with E-state index in [0.717, 1.165) is 12.5 Å². The van der Waals surface area contributed by atoms with Crippen LogP contribution in [-0.2, 0) is 0 Å². The zero-order valence-corrected chi connectivity index (χ0v) is 12.7. The summed E-state index contributed by atoms with van der Waals surface area (Å²) >= 11 is 2.37. The van der Waals surface area contributed by atoms with Gasteiger partial charge in [0.25, 0.3) is 0 Å². The highest BCUT2D eigenvalue weighted by Gasteiger charge is 2.22. The summed E-state index contributed by atoms with van der Waals surface area (Å²) in [6.45, 7) is 3.37. The standard InChI is InChI=1S/C15H22IN/c1-2-10-17-15(11-12-4-3-5-12)13-6-8-14(16)9-7-13/h6-9,12,15,17H,2-5,10-11H2,1H3. The van der Waals surface area contributed by atoms with Crippen LogP contribution in [0, 0.1) is 9.49 Å². The van der Waals surface area contributed by atoms with Crippen LogP contribution in [0.3, 0.4) is 0 Å². The summed E-state index contributed by atoms with van der Waals surface area (Å²) in [6, 6.07) is 9.58. The zero-order chi connectivity index (χ0) is 12.1. The van der Waals surface area contributed by atoms with Gasteiger partial charge in [-0.2, -0.15) is 0 Å². The van der Waals surface area contributed by atoms with Crippen molar-refractivity contribution in [3.8, 4) is 0 Å². The van der Waals surface area contributed by atoms with E-state index in [4.69, 9.17) is 0 Å². The molecule has 17 heavy (non-hydrogen) atoms. The quantitative estimate of drug-likeness (QED) is 0.749. The number of hydrogen-bond donors (Lipinski definition) is 1. The average molecular weight is 343 g/mol. The molecule has 0 bridgehead atoms. The van der Waals surface area contributed by atoms with Gasteiger partial charge in [0.15, 0.2) is 0 Å². The van der Waals surface area contributed by atoms with Gasteiger partial charge in [-0.15, -0.1) is 0 Å². The van der Waals surface area contributed by atoms with Crippen LogP contribution < -0.4 is 5.32 Å². The number of nitrogens with one attached hydrogen (secondary N) is 1. The van der Waals surface area contributed by atoms with Crippen molar-refractivity contribution in [2.75, 3.05) is 6.54 Å². The van der Waals surface area contributed by atoms with Gasteiger partial charge < -0.3 is 5.32 Å². The van der Waals surface area contributed by atoms with Gasteiger partial charge in [0, 0.05) is 9.61 Å². The predicted octanol–water partition coefficient (Wildman–Crippen LogP) is 4.52. The molecule has 1 aromatic rings. The van der Waals surface area contributed by atoms with Crippen LogP contribution >= 0.6 is 22.6 Å². The largest absolute Gasteiger partial charge is 0.310 e. The Balaban J connectivity index is 1.99. The van der Waals surface area contributed by atoms with Crippen molar-refractivity contribution < 1.29 is 0 Å². The van der Waals surface area contributed by atoms with Crippen LogP contribution in [0.2, 0.25) is 0 Å². The van der Waals surface area contributed by atoms with Crippen molar-refractivity contribution in [2.45, 2.75) is 45.1 Å². The average Bonchev–Trinajstić information content (AvgIpc) is 2.28. The van der Waals surface area contributed by atoms with Gasteiger partial charge >= 0.3 is 0 Å². The first-order valence-corrected chi connectivity index (χ1v) is 7.86. The van der Waals surface area contributed by atoms with E-state index in [1.54, 1.807) is 0 Å². The minimum atomic E-state index is 0.567. The third kappa shape index (κ3) is 3.95. The Hall–Kier alpha value is -0.0900. The molecule has 0 aromatic heterocycles. The zero-order valence-electron chi connectivity index (χ0n) is 10.6. The van der Waals surface area contributed by atoms with E-state index in [2.05, 4.69) is 59.1 Å². The van der Waals surface area contributed by atoms with E-state index >= 15 is 0 Å². The minimum absolute atomic E-state index is 0.567. The fraction of sp³-hybridized carbons (Fsp3) is 0.600. The molecule has 1 atom stereocenters. The molecular weight excluding hydrogens is 321 g/mol. The first kappa shape index (κ1) is 13.3. The van der Waals surface area contributed by atoms with E-state index in [1.165, 1.54) is 41.2 Å². The van der Waals surface area contributed by atoms with Crippen molar-refractivity contribution in [1.82, 2.24) is 5.32 Å². The van der Waals surface area contributed by atoms with Gasteiger partial charge in [0.2, 0.25) is 0 Å². The molecule has 0 amide bonds. The SMILES string of the molecule is CCCNC(CC1CCC1)c1ccc(I)cc1. The molecule has 1 N–H and O–H groups in total. The van der Waals surface area contributed by atoms with E-state index in [9.17, 15) is 0 Å². The first-order chi connectivity index (χ1) is 8.29. The topological polar surface area (TPSA) is 12.0 Å². The van der Waals surface area contributed by atoms with Crippen LogP contribution in [0.5, 0.6) is 0 Å². The van der Waals surface area contributed by atoms with Crippen molar-refractivity contribution >= 4 is 22.6 Å². The molecule has 1 unspecified atom stereocenters. The van der Waals surface area contributed by atoms with Gasteiger partial charge in [-0.1, -0.05) is 38.3 Å². The van der Waals surface area contributed by atoms with E-state index in [0.29, 0.717) is 6.04 Å². The second kappa shape index (κ2) is 6.74. The fourth-order valence-corrected chi connectivity index (χ4v) is 2.77. The summed E-state index contributed by atoms with van der Waals surface area (Å²) in [4.78, 5) is 0. The van der Waals surface area contributed by atoms with Gasteiger partial charge in [-0.25, -0.2) is 0 Å². The van der Waals surface area contributed by atoms with Gasteiger partial charge in [0.05, 0.1) is 0 Å². The Bertz CT molecular complexity index is 329. The van der Waals surface area contributed by atoms with Crippen LogP contribution in [0.4, 0.5) is 0 Å². The molecule has 0 saturated heterocycles. The maximum atomic E-state index is 3.70. The molecule has 2 heteroatoms. The Morgan fingerprint density at radius 3 is 2.53 bits per heavy atom. The maximum absolute atomic E-state index is 3.70. The molecule has 1 aliphatic rings. The van der Waals surface area contributed by atoms with Crippen LogP contribution in [0.15, 0.2) is 24.3 Å². The summed E-state index contributed by atoms with van der Waals surface area (Å²) < 4.78 is 1.32. The second-order valence-electron chi connectivity index (χ2n) is 5.09. The monoisotopic (exact) mass is 343 g/mol. The fourth-order valence-electron chi connectivity index (χ4n) is 2.41. The third-order valence-electron chi connectivity index (χ3n) is 3.71. The smallest absolute Gasteiger partial charge is 0.0322 e. The van der Waals surface area contributed by atoms with Crippen LogP contribution in [0.25, 0.3) is 0 Å². The summed E-state index contributed by atoms with van der Waals surface area (Å²) in [7, 11) is 0. The van der Waals surface area contributed by atoms with Crippen molar-refractivity contribution in [3.63, 3.8) is 0 Å². The number of benzene rings is 1. The summed E-state index contributed by atoms with van der Waals surface area (Å²) in [5.41, 5.74) is 1.46. The van der Waals surface area contributed by atoms with Gasteiger partial charge in [0.1, 0.15) is 0 Å². The highest BCUT2D eigenvalue weighted by molar-refractivity contribution is 14.1. The van der Waals surface area contributed by atoms with Crippen molar-refractivity contribution in [1.29, 1.82) is 0 Å². The summed E-state index contributed by atoms with van der Waals surface area (Å²) in [5, 5.41) is 3.70. The highest BCUT2D eigenvalue weighted by Crippen LogP contribution is 2.34. The Labute approximate surface area is 119 Å². The van der Waals surface area contributed by atoms with E-state index < -0.39 is 0 Å². The van der Waals surface area contributed by atoms with Crippen molar-refractivity contribution in [2.24, 2.45) is 5.92 Å². The van der Waals surface area contributed by atoms with Crippen LogP contribution in [0.1, 0.15) is 50.6 Å². The first-order valence-electron chi connectivity index (χ1n) is 6.78. The number of hydrogen-bond acceptors (Lipinski definition) is 1. The molecule has 1 saturated carbocycles. The van der Waals surface area contributed by atoms with Gasteiger partial charge in [-0.05, 0) is 65.6 Å². The number of halogens is 1. The molecule has 2 rings (SSSR count). The lowest BCUT2D eigenvalue weighted by Gasteiger charge is -2.30. The Kier molecular flexibility index (Phi) is 5.29. The normalized spacial score (nSPS) is 17.8. The molecule has 0 heterocycles. The predicted molar refractivity (Wildman–Crippen MR) is 82.2 cm³/mol. The summed E-state index contributed by atoms with van der Waals surface area (Å²) in [6.07, 6.45) is 6.85. The van der Waals surface area contributed by atoms with Crippen molar-refractivity contribution in [3.05, 3.63) is 33.4 Å². The Morgan fingerprint density at radius 1 is 1.29 bits per heavy atom.